The fourth-order valence-corrected chi connectivity index (χ4v) is 3.32. The molecule has 0 bridgehead atoms. The number of nitrogens with zero attached hydrogens (tertiary/aromatic N) is 4. The number of hydrogen-bond acceptors (Lipinski definition) is 3. The molecule has 0 saturated carbocycles. The van der Waals surface area contributed by atoms with Crippen molar-refractivity contribution in [3.8, 4) is 0 Å². The van der Waals surface area contributed by atoms with E-state index in [4.69, 9.17) is 0 Å². The average molecular weight is 345 g/mol. The van der Waals surface area contributed by atoms with Gasteiger partial charge < -0.3 is 4.90 Å². The van der Waals surface area contributed by atoms with Crippen molar-refractivity contribution >= 4 is 11.6 Å². The maximum atomic E-state index is 12.8. The van der Waals surface area contributed by atoms with Gasteiger partial charge in [-0.3, -0.25) is 4.79 Å². The van der Waals surface area contributed by atoms with E-state index in [2.05, 4.69) is 42.7 Å². The van der Waals surface area contributed by atoms with Crippen molar-refractivity contribution in [2.75, 3.05) is 6.54 Å². The number of aromatic nitrogens is 3. The van der Waals surface area contributed by atoms with Crippen LogP contribution in [-0.4, -0.2) is 38.0 Å². The SMILES string of the molecule is CCCCN(C(=O)CCc1c(C)nc2cc(C)nn2c1C)C(C)CC. The topological polar surface area (TPSA) is 50.5 Å². The van der Waals surface area contributed by atoms with Crippen molar-refractivity contribution in [3.63, 3.8) is 0 Å². The number of aryl methyl sites for hydroxylation is 3. The number of hydrogen-bond donors (Lipinski definition) is 0. The molecule has 2 aromatic rings. The highest BCUT2D eigenvalue weighted by Crippen LogP contribution is 2.18. The van der Waals surface area contributed by atoms with E-state index in [-0.39, 0.29) is 5.91 Å². The van der Waals surface area contributed by atoms with Crippen LogP contribution in [0.4, 0.5) is 0 Å². The molecule has 0 N–H and O–H groups in total. The molecule has 0 aromatic carbocycles. The summed E-state index contributed by atoms with van der Waals surface area (Å²) >= 11 is 0. The molecule has 1 atom stereocenters. The normalized spacial score (nSPS) is 12.6. The van der Waals surface area contributed by atoms with Crippen molar-refractivity contribution in [3.05, 3.63) is 28.7 Å². The van der Waals surface area contributed by atoms with E-state index in [1.165, 1.54) is 0 Å². The van der Waals surface area contributed by atoms with E-state index in [9.17, 15) is 4.79 Å². The maximum Gasteiger partial charge on any atom is 0.223 e. The van der Waals surface area contributed by atoms with Gasteiger partial charge >= 0.3 is 0 Å². The van der Waals surface area contributed by atoms with Gasteiger partial charge in [-0.1, -0.05) is 20.3 Å². The van der Waals surface area contributed by atoms with Gasteiger partial charge in [0.2, 0.25) is 5.91 Å². The van der Waals surface area contributed by atoms with Gasteiger partial charge in [0, 0.05) is 36.5 Å². The number of rotatable bonds is 8. The van der Waals surface area contributed by atoms with E-state index in [1.54, 1.807) is 0 Å². The summed E-state index contributed by atoms with van der Waals surface area (Å²) in [5.41, 5.74) is 5.08. The molecule has 2 heterocycles. The zero-order valence-corrected chi connectivity index (χ0v) is 16.6. The molecule has 2 aromatic heterocycles. The molecule has 1 amide bonds. The van der Waals surface area contributed by atoms with Gasteiger partial charge in [0.25, 0.3) is 0 Å². The molecule has 0 saturated heterocycles. The molecule has 5 nitrogen and oxygen atoms in total. The zero-order chi connectivity index (χ0) is 18.6. The quantitative estimate of drug-likeness (QED) is 0.727. The molecule has 0 spiro atoms. The lowest BCUT2D eigenvalue weighted by atomic mass is 10.0. The summed E-state index contributed by atoms with van der Waals surface area (Å²) < 4.78 is 1.89. The van der Waals surface area contributed by atoms with E-state index in [0.29, 0.717) is 12.5 Å². The summed E-state index contributed by atoms with van der Waals surface area (Å²) in [5.74, 6) is 0.248. The number of carbonyl (C=O) groups excluding carboxylic acids is 1. The first-order valence-electron chi connectivity index (χ1n) is 9.50. The second-order valence-electron chi connectivity index (χ2n) is 7.01. The van der Waals surface area contributed by atoms with Gasteiger partial charge in [-0.2, -0.15) is 5.10 Å². The Morgan fingerprint density at radius 3 is 2.64 bits per heavy atom. The van der Waals surface area contributed by atoms with Gasteiger partial charge in [-0.05, 0) is 52.5 Å². The van der Waals surface area contributed by atoms with E-state index >= 15 is 0 Å². The molecule has 1 unspecified atom stereocenters. The molecule has 2 rings (SSSR count). The highest BCUT2D eigenvalue weighted by atomic mass is 16.2. The van der Waals surface area contributed by atoms with Crippen molar-refractivity contribution in [1.29, 1.82) is 0 Å². The predicted molar refractivity (Wildman–Crippen MR) is 102 cm³/mol. The first kappa shape index (κ1) is 19.4. The minimum Gasteiger partial charge on any atom is -0.340 e. The Morgan fingerprint density at radius 1 is 1.28 bits per heavy atom. The van der Waals surface area contributed by atoms with Gasteiger partial charge in [0.05, 0.1) is 5.69 Å². The van der Waals surface area contributed by atoms with Crippen LogP contribution < -0.4 is 0 Å². The van der Waals surface area contributed by atoms with E-state index in [0.717, 1.165) is 60.5 Å². The molecule has 25 heavy (non-hydrogen) atoms. The van der Waals surface area contributed by atoms with Crippen LogP contribution in [0.2, 0.25) is 0 Å². The zero-order valence-electron chi connectivity index (χ0n) is 16.6. The third-order valence-electron chi connectivity index (χ3n) is 5.07. The van der Waals surface area contributed by atoms with Crippen LogP contribution in [0.25, 0.3) is 5.65 Å². The molecular weight excluding hydrogens is 312 g/mol. The highest BCUT2D eigenvalue weighted by molar-refractivity contribution is 5.76. The third-order valence-corrected chi connectivity index (χ3v) is 5.07. The molecule has 5 heteroatoms. The second-order valence-corrected chi connectivity index (χ2v) is 7.01. The van der Waals surface area contributed by atoms with Crippen LogP contribution >= 0.6 is 0 Å². The Hall–Kier alpha value is -1.91. The molecule has 0 aliphatic rings. The number of carbonyl (C=O) groups is 1. The summed E-state index contributed by atoms with van der Waals surface area (Å²) in [7, 11) is 0. The van der Waals surface area contributed by atoms with Crippen molar-refractivity contribution in [2.45, 2.75) is 79.7 Å². The smallest absolute Gasteiger partial charge is 0.223 e. The van der Waals surface area contributed by atoms with Crippen LogP contribution in [0.5, 0.6) is 0 Å². The van der Waals surface area contributed by atoms with Crippen LogP contribution in [-0.2, 0) is 11.2 Å². The lowest BCUT2D eigenvalue weighted by Crippen LogP contribution is -2.39. The first-order valence-corrected chi connectivity index (χ1v) is 9.50. The molecule has 0 radical (unpaired) electrons. The number of fused-ring (bicyclic) bond motifs is 1. The van der Waals surface area contributed by atoms with Crippen molar-refractivity contribution in [2.24, 2.45) is 0 Å². The van der Waals surface area contributed by atoms with Crippen molar-refractivity contribution in [1.82, 2.24) is 19.5 Å². The Kier molecular flexibility index (Phi) is 6.57. The van der Waals surface area contributed by atoms with Crippen molar-refractivity contribution < 1.29 is 4.79 Å². The largest absolute Gasteiger partial charge is 0.340 e. The molecule has 0 aliphatic carbocycles. The average Bonchev–Trinajstić information content (AvgIpc) is 2.95. The van der Waals surface area contributed by atoms with Crippen LogP contribution in [0.3, 0.4) is 0 Å². The maximum absolute atomic E-state index is 12.8. The number of amides is 1. The monoisotopic (exact) mass is 344 g/mol. The Bertz CT molecular complexity index is 735. The molecular formula is C20H32N4O. The fourth-order valence-electron chi connectivity index (χ4n) is 3.32. The standard InChI is InChI=1S/C20H32N4O/c1-7-9-12-23(15(4)8-2)20(25)11-10-18-16(5)21-19-13-14(3)22-24(19)17(18)6/h13,15H,7-12H2,1-6H3. The predicted octanol–water partition coefficient (Wildman–Crippen LogP) is 4.01. The van der Waals surface area contributed by atoms with Gasteiger partial charge in [-0.25, -0.2) is 9.50 Å². The summed E-state index contributed by atoms with van der Waals surface area (Å²) in [6.45, 7) is 13.4. The minimum absolute atomic E-state index is 0.248. The van der Waals surface area contributed by atoms with Crippen LogP contribution in [0.1, 0.15) is 69.1 Å². The van der Waals surface area contributed by atoms with Crippen LogP contribution in [0.15, 0.2) is 6.07 Å². The summed E-state index contributed by atoms with van der Waals surface area (Å²) in [5, 5.41) is 4.52. The van der Waals surface area contributed by atoms with E-state index < -0.39 is 0 Å². The summed E-state index contributed by atoms with van der Waals surface area (Å²) in [6.07, 6.45) is 4.42. The van der Waals surface area contributed by atoms with Gasteiger partial charge in [0.15, 0.2) is 5.65 Å². The van der Waals surface area contributed by atoms with Gasteiger partial charge in [-0.15, -0.1) is 0 Å². The third kappa shape index (κ3) is 4.39. The summed E-state index contributed by atoms with van der Waals surface area (Å²) in [4.78, 5) is 19.5. The lowest BCUT2D eigenvalue weighted by Gasteiger charge is -2.29. The number of unbranched alkanes of at least 4 members (excludes halogenated alkanes) is 1. The molecule has 138 valence electrons. The first-order chi connectivity index (χ1) is 11.9. The fraction of sp³-hybridized carbons (Fsp3) is 0.650. The van der Waals surface area contributed by atoms with E-state index in [1.807, 2.05) is 24.4 Å². The second kappa shape index (κ2) is 8.45. The Labute approximate surface area is 151 Å². The Balaban J connectivity index is 2.16. The highest BCUT2D eigenvalue weighted by Gasteiger charge is 2.19. The molecule has 0 aliphatic heterocycles. The lowest BCUT2D eigenvalue weighted by molar-refractivity contribution is -0.133. The minimum atomic E-state index is 0.248. The van der Waals surface area contributed by atoms with Gasteiger partial charge in [0.1, 0.15) is 0 Å². The molecule has 0 fully saturated rings. The Morgan fingerprint density at radius 2 is 2.00 bits per heavy atom. The summed E-state index contributed by atoms with van der Waals surface area (Å²) in [6, 6.07) is 2.29. The van der Waals surface area contributed by atoms with Crippen LogP contribution in [0, 0.1) is 20.8 Å².